The normalized spacial score (nSPS) is 33.2. The molecule has 1 amide bonds. The molecule has 15 heavy (non-hydrogen) atoms. The second-order valence-corrected chi connectivity index (χ2v) is 5.54. The molecule has 0 aromatic rings. The predicted molar refractivity (Wildman–Crippen MR) is 57.2 cm³/mol. The maximum absolute atomic E-state index is 11.9. The zero-order valence-electron chi connectivity index (χ0n) is 9.54. The number of carbonyl (C=O) groups excluding carboxylic acids is 1. The van der Waals surface area contributed by atoms with E-state index in [4.69, 9.17) is 11.2 Å². The number of hydrogen-bond donors (Lipinski definition) is 0. The van der Waals surface area contributed by atoms with Gasteiger partial charge < -0.3 is 4.74 Å². The molecule has 0 unspecified atom stereocenters. The van der Waals surface area contributed by atoms with E-state index >= 15 is 0 Å². The largest absolute Gasteiger partial charge is 0.444 e. The molecule has 0 aromatic carbocycles. The van der Waals surface area contributed by atoms with Crippen molar-refractivity contribution in [1.29, 1.82) is 0 Å². The molecule has 3 heteroatoms. The molecule has 82 valence electrons. The Hall–Kier alpha value is -1.17. The third kappa shape index (κ3) is 1.58. The van der Waals surface area contributed by atoms with Gasteiger partial charge >= 0.3 is 6.09 Å². The highest BCUT2D eigenvalue weighted by Crippen LogP contribution is 2.50. The summed E-state index contributed by atoms with van der Waals surface area (Å²) in [5, 5.41) is 0. The van der Waals surface area contributed by atoms with Gasteiger partial charge in [-0.25, -0.2) is 4.79 Å². The fraction of sp³-hybridized carbons (Fsp3) is 0.750. The molecular formula is C12H17NO2. The molecule has 3 aliphatic rings. The monoisotopic (exact) mass is 207 g/mol. The highest BCUT2D eigenvalue weighted by Gasteiger charge is 2.57. The van der Waals surface area contributed by atoms with Crippen molar-refractivity contribution in [3.8, 4) is 12.3 Å². The predicted octanol–water partition coefficient (Wildman–Crippen LogP) is 2.02. The first kappa shape index (κ1) is 10.4. The molecule has 0 spiro atoms. The van der Waals surface area contributed by atoms with E-state index in [9.17, 15) is 4.79 Å². The molecule has 3 fully saturated rings. The molecule has 1 saturated carbocycles. The lowest BCUT2D eigenvalue weighted by atomic mass is 9.74. The Morgan fingerprint density at radius 3 is 2.60 bits per heavy atom. The molecule has 2 heterocycles. The number of carbonyl (C=O) groups is 1. The van der Waals surface area contributed by atoms with Gasteiger partial charge in [0.1, 0.15) is 11.1 Å². The minimum absolute atomic E-state index is 0.263. The summed E-state index contributed by atoms with van der Waals surface area (Å²) in [7, 11) is 0. The van der Waals surface area contributed by atoms with Crippen LogP contribution in [0.1, 0.15) is 33.6 Å². The van der Waals surface area contributed by atoms with Gasteiger partial charge in [-0.3, -0.25) is 4.90 Å². The van der Waals surface area contributed by atoms with Crippen LogP contribution in [0, 0.1) is 18.3 Å². The van der Waals surface area contributed by atoms with Crippen molar-refractivity contribution >= 4 is 6.09 Å². The van der Waals surface area contributed by atoms with E-state index in [2.05, 4.69) is 5.92 Å². The highest BCUT2D eigenvalue weighted by atomic mass is 16.6. The van der Waals surface area contributed by atoms with Crippen LogP contribution in [-0.4, -0.2) is 28.7 Å². The molecule has 0 aromatic heterocycles. The topological polar surface area (TPSA) is 29.5 Å². The van der Waals surface area contributed by atoms with E-state index in [1.807, 2.05) is 20.8 Å². The Kier molecular flexibility index (Phi) is 2.01. The van der Waals surface area contributed by atoms with Crippen LogP contribution in [0.4, 0.5) is 4.79 Å². The third-order valence-electron chi connectivity index (χ3n) is 3.09. The Morgan fingerprint density at radius 1 is 1.53 bits per heavy atom. The van der Waals surface area contributed by atoms with Crippen LogP contribution in [0.2, 0.25) is 0 Å². The van der Waals surface area contributed by atoms with Crippen molar-refractivity contribution in [2.24, 2.45) is 5.92 Å². The van der Waals surface area contributed by atoms with Gasteiger partial charge in [-0.15, -0.1) is 6.42 Å². The summed E-state index contributed by atoms with van der Waals surface area (Å²) in [5.74, 6) is 3.34. The van der Waals surface area contributed by atoms with Crippen LogP contribution >= 0.6 is 0 Å². The SMILES string of the molecule is C#CC12CC(CN1C(=O)OC(C)(C)C)C2. The summed E-state index contributed by atoms with van der Waals surface area (Å²) in [6.45, 7) is 6.37. The van der Waals surface area contributed by atoms with Crippen molar-refractivity contribution in [3.05, 3.63) is 0 Å². The summed E-state index contributed by atoms with van der Waals surface area (Å²) in [6.07, 6.45) is 7.13. The average molecular weight is 207 g/mol. The van der Waals surface area contributed by atoms with E-state index in [1.54, 1.807) is 4.90 Å². The maximum Gasteiger partial charge on any atom is 0.411 e. The third-order valence-corrected chi connectivity index (χ3v) is 3.09. The van der Waals surface area contributed by atoms with E-state index in [-0.39, 0.29) is 11.6 Å². The fourth-order valence-electron chi connectivity index (χ4n) is 2.44. The minimum Gasteiger partial charge on any atom is -0.444 e. The molecule has 0 N–H and O–H groups in total. The standard InChI is InChI=1S/C12H17NO2/c1-5-12-6-9(7-12)8-13(12)10(14)15-11(2,3)4/h1,9H,6-8H2,2-4H3. The number of rotatable bonds is 0. The van der Waals surface area contributed by atoms with Crippen molar-refractivity contribution in [2.45, 2.75) is 44.8 Å². The summed E-state index contributed by atoms with van der Waals surface area (Å²) in [6, 6.07) is 0. The summed E-state index contributed by atoms with van der Waals surface area (Å²) < 4.78 is 5.34. The van der Waals surface area contributed by atoms with Crippen LogP contribution in [0.15, 0.2) is 0 Å². The molecule has 2 bridgehead atoms. The lowest BCUT2D eigenvalue weighted by Gasteiger charge is -2.37. The van der Waals surface area contributed by atoms with E-state index in [0.717, 1.165) is 19.4 Å². The zero-order chi connectivity index (χ0) is 11.3. The van der Waals surface area contributed by atoms with E-state index in [0.29, 0.717) is 5.92 Å². The molecule has 1 aliphatic carbocycles. The zero-order valence-corrected chi connectivity index (χ0v) is 9.54. The number of hydrogen-bond acceptors (Lipinski definition) is 2. The van der Waals surface area contributed by atoms with Crippen molar-refractivity contribution < 1.29 is 9.53 Å². The molecule has 3 rings (SSSR count). The number of terminal acetylenes is 1. The van der Waals surface area contributed by atoms with Gasteiger partial charge in [0.25, 0.3) is 0 Å². The first-order valence-electron chi connectivity index (χ1n) is 5.35. The van der Waals surface area contributed by atoms with Gasteiger partial charge in [0.2, 0.25) is 0 Å². The molecule has 2 saturated heterocycles. The molecular weight excluding hydrogens is 190 g/mol. The van der Waals surface area contributed by atoms with Gasteiger partial charge in [0.15, 0.2) is 0 Å². The van der Waals surface area contributed by atoms with E-state index < -0.39 is 5.60 Å². The fourth-order valence-corrected chi connectivity index (χ4v) is 2.44. The lowest BCUT2D eigenvalue weighted by Crippen LogP contribution is -2.48. The molecule has 3 nitrogen and oxygen atoms in total. The van der Waals surface area contributed by atoms with Crippen LogP contribution in [0.3, 0.4) is 0 Å². The Morgan fingerprint density at radius 2 is 2.13 bits per heavy atom. The van der Waals surface area contributed by atoms with Crippen LogP contribution in [-0.2, 0) is 4.74 Å². The van der Waals surface area contributed by atoms with Crippen LogP contribution in [0.5, 0.6) is 0 Å². The first-order valence-corrected chi connectivity index (χ1v) is 5.35. The molecule has 2 aliphatic heterocycles. The average Bonchev–Trinajstić information content (AvgIpc) is 2.52. The first-order chi connectivity index (χ1) is 6.86. The van der Waals surface area contributed by atoms with E-state index in [1.165, 1.54) is 0 Å². The van der Waals surface area contributed by atoms with Gasteiger partial charge in [0, 0.05) is 6.54 Å². The number of fused-ring (bicyclic) bond motifs is 1. The van der Waals surface area contributed by atoms with Crippen LogP contribution in [0.25, 0.3) is 0 Å². The molecule has 0 radical (unpaired) electrons. The van der Waals surface area contributed by atoms with Crippen LogP contribution < -0.4 is 0 Å². The smallest absolute Gasteiger partial charge is 0.411 e. The van der Waals surface area contributed by atoms with Gasteiger partial charge in [-0.05, 0) is 39.5 Å². The minimum atomic E-state index is -0.445. The van der Waals surface area contributed by atoms with Gasteiger partial charge in [-0.1, -0.05) is 5.92 Å². The lowest BCUT2D eigenvalue weighted by molar-refractivity contribution is 0.0172. The summed E-state index contributed by atoms with van der Waals surface area (Å²) in [4.78, 5) is 13.6. The van der Waals surface area contributed by atoms with Gasteiger partial charge in [0.05, 0.1) is 0 Å². The Balaban J connectivity index is 2.07. The second-order valence-electron chi connectivity index (χ2n) is 5.54. The Labute approximate surface area is 90.8 Å². The molecule has 0 atom stereocenters. The summed E-state index contributed by atoms with van der Waals surface area (Å²) in [5.41, 5.74) is -0.771. The van der Waals surface area contributed by atoms with Crippen molar-refractivity contribution in [3.63, 3.8) is 0 Å². The summed E-state index contributed by atoms with van der Waals surface area (Å²) >= 11 is 0. The number of amides is 1. The quantitative estimate of drug-likeness (QED) is 0.569. The van der Waals surface area contributed by atoms with Crippen molar-refractivity contribution in [2.75, 3.05) is 6.54 Å². The maximum atomic E-state index is 11.9. The van der Waals surface area contributed by atoms with Crippen molar-refractivity contribution in [1.82, 2.24) is 4.90 Å². The Bertz CT molecular complexity index is 329. The van der Waals surface area contributed by atoms with Gasteiger partial charge in [-0.2, -0.15) is 0 Å². The number of ether oxygens (including phenoxy) is 1. The second kappa shape index (κ2) is 2.91. The highest BCUT2D eigenvalue weighted by molar-refractivity contribution is 5.71. The number of nitrogens with zero attached hydrogens (tertiary/aromatic N) is 1.